The van der Waals surface area contributed by atoms with Crippen LogP contribution in [0.25, 0.3) is 0 Å². The second kappa shape index (κ2) is 4.29. The molecule has 0 unspecified atom stereocenters. The van der Waals surface area contributed by atoms with Crippen molar-refractivity contribution >= 4 is 10.0 Å². The Bertz CT molecular complexity index is 537. The molecule has 0 radical (unpaired) electrons. The molecular formula is C11H14N2O3S. The van der Waals surface area contributed by atoms with Gasteiger partial charge < -0.3 is 9.64 Å². The molecule has 0 spiro atoms. The fourth-order valence-corrected chi connectivity index (χ4v) is 2.50. The first-order valence-electron chi connectivity index (χ1n) is 5.13. The number of ether oxygens (including phenoxy) is 1. The van der Waals surface area contributed by atoms with Crippen LogP contribution in [0.1, 0.15) is 6.92 Å². The van der Waals surface area contributed by atoms with E-state index in [0.717, 1.165) is 5.70 Å². The number of allylic oxidation sites excluding steroid dienone is 1. The minimum atomic E-state index is -3.56. The summed E-state index contributed by atoms with van der Waals surface area (Å²) in [4.78, 5) is 2.04. The van der Waals surface area contributed by atoms with Crippen LogP contribution in [0.5, 0.6) is 0 Å². The van der Waals surface area contributed by atoms with Gasteiger partial charge in [-0.2, -0.15) is 0 Å². The number of rotatable bonds is 3. The molecule has 0 aromatic heterocycles. The van der Waals surface area contributed by atoms with Crippen molar-refractivity contribution in [3.63, 3.8) is 0 Å². The SMILES string of the molecule is CC1=C(NS(=O)(=O)c2ccccc2)OCN1C. The molecule has 92 valence electrons. The number of benzene rings is 1. The highest BCUT2D eigenvalue weighted by Gasteiger charge is 2.23. The van der Waals surface area contributed by atoms with Gasteiger partial charge in [-0.05, 0) is 19.1 Å². The lowest BCUT2D eigenvalue weighted by Gasteiger charge is -2.08. The average Bonchev–Trinajstić information content (AvgIpc) is 2.62. The number of nitrogens with one attached hydrogen (secondary N) is 1. The van der Waals surface area contributed by atoms with Gasteiger partial charge >= 0.3 is 0 Å². The van der Waals surface area contributed by atoms with Crippen molar-refractivity contribution in [2.75, 3.05) is 13.8 Å². The van der Waals surface area contributed by atoms with Gasteiger partial charge in [-0.1, -0.05) is 18.2 Å². The fourth-order valence-electron chi connectivity index (χ4n) is 1.42. The summed E-state index contributed by atoms with van der Waals surface area (Å²) in [6, 6.07) is 8.20. The summed E-state index contributed by atoms with van der Waals surface area (Å²) in [6.07, 6.45) is 0. The van der Waals surface area contributed by atoms with Crippen LogP contribution in [-0.2, 0) is 14.8 Å². The predicted molar refractivity (Wildman–Crippen MR) is 63.2 cm³/mol. The zero-order chi connectivity index (χ0) is 12.5. The van der Waals surface area contributed by atoms with Gasteiger partial charge in [0.2, 0.25) is 5.88 Å². The molecule has 0 saturated carbocycles. The van der Waals surface area contributed by atoms with E-state index in [2.05, 4.69) is 4.72 Å². The van der Waals surface area contributed by atoms with Gasteiger partial charge in [0, 0.05) is 7.05 Å². The molecule has 1 aromatic carbocycles. The molecule has 0 aliphatic carbocycles. The van der Waals surface area contributed by atoms with Gasteiger partial charge in [-0.15, -0.1) is 0 Å². The molecule has 5 nitrogen and oxygen atoms in total. The number of hydrogen-bond donors (Lipinski definition) is 1. The molecule has 0 atom stereocenters. The Morgan fingerprint density at radius 3 is 2.47 bits per heavy atom. The van der Waals surface area contributed by atoms with E-state index in [0.29, 0.717) is 6.73 Å². The lowest BCUT2D eigenvalue weighted by Crippen LogP contribution is -2.24. The zero-order valence-corrected chi connectivity index (χ0v) is 10.5. The van der Waals surface area contributed by atoms with Crippen molar-refractivity contribution in [1.82, 2.24) is 9.62 Å². The number of hydrogen-bond acceptors (Lipinski definition) is 4. The van der Waals surface area contributed by atoms with Gasteiger partial charge in [0.05, 0.1) is 10.6 Å². The number of sulfonamides is 1. The summed E-state index contributed by atoms with van der Waals surface area (Å²) in [7, 11) is -1.73. The molecule has 6 heteroatoms. The van der Waals surface area contributed by atoms with E-state index in [-0.39, 0.29) is 10.8 Å². The first-order chi connectivity index (χ1) is 8.00. The lowest BCUT2D eigenvalue weighted by atomic mass is 10.4. The Morgan fingerprint density at radius 1 is 1.29 bits per heavy atom. The van der Waals surface area contributed by atoms with Crippen molar-refractivity contribution in [2.45, 2.75) is 11.8 Å². The standard InChI is InChI=1S/C11H14N2O3S/c1-9-11(16-8-13(9)2)12-17(14,15)10-6-4-3-5-7-10/h3-7,12H,8H2,1-2H3. The molecular weight excluding hydrogens is 240 g/mol. The molecule has 17 heavy (non-hydrogen) atoms. The zero-order valence-electron chi connectivity index (χ0n) is 9.67. The Hall–Kier alpha value is -1.69. The molecule has 0 amide bonds. The van der Waals surface area contributed by atoms with Crippen molar-refractivity contribution in [2.24, 2.45) is 0 Å². The second-order valence-electron chi connectivity index (χ2n) is 3.80. The highest BCUT2D eigenvalue weighted by Crippen LogP contribution is 2.18. The maximum Gasteiger partial charge on any atom is 0.264 e. The van der Waals surface area contributed by atoms with Crippen LogP contribution >= 0.6 is 0 Å². The lowest BCUT2D eigenvalue weighted by molar-refractivity contribution is 0.161. The van der Waals surface area contributed by atoms with E-state index < -0.39 is 10.0 Å². The van der Waals surface area contributed by atoms with Gasteiger partial charge in [0.25, 0.3) is 10.0 Å². The van der Waals surface area contributed by atoms with Crippen LogP contribution in [0, 0.1) is 0 Å². The van der Waals surface area contributed by atoms with E-state index in [9.17, 15) is 8.42 Å². The first kappa shape index (κ1) is 11.8. The first-order valence-corrected chi connectivity index (χ1v) is 6.62. The van der Waals surface area contributed by atoms with Crippen molar-refractivity contribution < 1.29 is 13.2 Å². The van der Waals surface area contributed by atoms with Gasteiger partial charge in [-0.25, -0.2) is 13.1 Å². The normalized spacial score (nSPS) is 16.0. The van der Waals surface area contributed by atoms with E-state index in [4.69, 9.17) is 4.74 Å². The Morgan fingerprint density at radius 2 is 1.94 bits per heavy atom. The molecule has 1 N–H and O–H groups in total. The monoisotopic (exact) mass is 254 g/mol. The molecule has 1 aromatic rings. The molecule has 1 aliphatic heterocycles. The van der Waals surface area contributed by atoms with Crippen LogP contribution < -0.4 is 4.72 Å². The average molecular weight is 254 g/mol. The van der Waals surface area contributed by atoms with Crippen molar-refractivity contribution in [3.8, 4) is 0 Å². The fraction of sp³-hybridized carbons (Fsp3) is 0.273. The molecule has 0 saturated heterocycles. The highest BCUT2D eigenvalue weighted by molar-refractivity contribution is 7.89. The molecule has 2 rings (SSSR count). The largest absolute Gasteiger partial charge is 0.456 e. The molecule has 1 aliphatic rings. The summed E-state index contributed by atoms with van der Waals surface area (Å²) in [6.45, 7) is 2.16. The minimum absolute atomic E-state index is 0.221. The summed E-state index contributed by atoms with van der Waals surface area (Å²) < 4.78 is 31.7. The summed E-state index contributed by atoms with van der Waals surface area (Å²) in [5.74, 6) is 0.288. The van der Waals surface area contributed by atoms with Crippen LogP contribution in [0.3, 0.4) is 0 Å². The van der Waals surface area contributed by atoms with Gasteiger partial charge in [0.1, 0.15) is 0 Å². The summed E-state index contributed by atoms with van der Waals surface area (Å²) in [5.41, 5.74) is 0.768. The van der Waals surface area contributed by atoms with E-state index in [1.165, 1.54) is 12.1 Å². The van der Waals surface area contributed by atoms with Crippen LogP contribution in [0.15, 0.2) is 46.8 Å². The van der Waals surface area contributed by atoms with Crippen LogP contribution in [0.2, 0.25) is 0 Å². The summed E-state index contributed by atoms with van der Waals surface area (Å²) in [5, 5.41) is 0. The van der Waals surface area contributed by atoms with Gasteiger partial charge in [0.15, 0.2) is 6.73 Å². The van der Waals surface area contributed by atoms with Crippen molar-refractivity contribution in [1.29, 1.82) is 0 Å². The third kappa shape index (κ3) is 2.36. The highest BCUT2D eigenvalue weighted by atomic mass is 32.2. The quantitative estimate of drug-likeness (QED) is 0.876. The molecule has 0 fully saturated rings. The summed E-state index contributed by atoms with van der Waals surface area (Å²) >= 11 is 0. The van der Waals surface area contributed by atoms with Crippen LogP contribution in [-0.4, -0.2) is 27.1 Å². The Labute approximate surface area is 101 Å². The third-order valence-electron chi connectivity index (χ3n) is 2.58. The minimum Gasteiger partial charge on any atom is -0.456 e. The topological polar surface area (TPSA) is 58.6 Å². The molecule has 1 heterocycles. The second-order valence-corrected chi connectivity index (χ2v) is 5.49. The van der Waals surface area contributed by atoms with E-state index >= 15 is 0 Å². The third-order valence-corrected chi connectivity index (χ3v) is 3.93. The number of nitrogens with zero attached hydrogens (tertiary/aromatic N) is 1. The Kier molecular flexibility index (Phi) is 2.97. The van der Waals surface area contributed by atoms with Gasteiger partial charge in [-0.3, -0.25) is 0 Å². The Balaban J connectivity index is 2.25. The van der Waals surface area contributed by atoms with E-state index in [1.807, 2.05) is 11.9 Å². The van der Waals surface area contributed by atoms with E-state index in [1.54, 1.807) is 25.1 Å². The smallest absolute Gasteiger partial charge is 0.264 e. The molecule has 0 bridgehead atoms. The maximum atomic E-state index is 12.0. The van der Waals surface area contributed by atoms with Crippen molar-refractivity contribution in [3.05, 3.63) is 41.9 Å². The predicted octanol–water partition coefficient (Wildman–Crippen LogP) is 1.07. The maximum absolute atomic E-state index is 12.0. The van der Waals surface area contributed by atoms with Crippen LogP contribution in [0.4, 0.5) is 0 Å².